The van der Waals surface area contributed by atoms with Crippen molar-refractivity contribution in [2.45, 2.75) is 26.6 Å². The Bertz CT molecular complexity index is 848. The van der Waals surface area contributed by atoms with Crippen molar-refractivity contribution in [2.75, 3.05) is 18.4 Å². The van der Waals surface area contributed by atoms with E-state index in [1.807, 2.05) is 13.8 Å². The minimum atomic E-state index is -4.66. The van der Waals surface area contributed by atoms with Crippen LogP contribution in [-0.2, 0) is 12.7 Å². The minimum absolute atomic E-state index is 0.0127. The molecule has 0 radical (unpaired) electrons. The maximum atomic E-state index is 12.8. The van der Waals surface area contributed by atoms with E-state index in [-0.39, 0.29) is 18.1 Å². The summed E-state index contributed by atoms with van der Waals surface area (Å²) in [4.78, 5) is 24.2. The van der Waals surface area contributed by atoms with Gasteiger partial charge in [-0.3, -0.25) is 14.9 Å². The largest absolute Gasteiger partial charge is 0.416 e. The van der Waals surface area contributed by atoms with Crippen molar-refractivity contribution >= 4 is 17.3 Å². The van der Waals surface area contributed by atoms with Crippen LogP contribution < -0.4 is 5.32 Å². The number of nitro groups is 1. The molecule has 0 bridgehead atoms. The zero-order valence-electron chi connectivity index (χ0n) is 15.4. The summed E-state index contributed by atoms with van der Waals surface area (Å²) in [7, 11) is 0. The van der Waals surface area contributed by atoms with Gasteiger partial charge in [0.1, 0.15) is 5.69 Å². The lowest BCUT2D eigenvalue weighted by Gasteiger charge is -2.18. The number of nitro benzene ring substituents is 1. The van der Waals surface area contributed by atoms with Crippen LogP contribution in [0.3, 0.4) is 0 Å². The van der Waals surface area contributed by atoms with Crippen LogP contribution in [-0.4, -0.2) is 28.8 Å². The second-order valence-corrected chi connectivity index (χ2v) is 6.01. The maximum Gasteiger partial charge on any atom is 0.416 e. The van der Waals surface area contributed by atoms with Gasteiger partial charge in [-0.05, 0) is 43.7 Å². The predicted molar refractivity (Wildman–Crippen MR) is 99.1 cm³/mol. The molecule has 1 amide bonds. The first kappa shape index (κ1) is 21.2. The van der Waals surface area contributed by atoms with Gasteiger partial charge in [0.2, 0.25) is 0 Å². The molecule has 0 unspecified atom stereocenters. The molecule has 6 nitrogen and oxygen atoms in total. The number of rotatable bonds is 7. The zero-order chi connectivity index (χ0) is 20.9. The number of alkyl halides is 3. The van der Waals surface area contributed by atoms with E-state index in [0.717, 1.165) is 17.7 Å². The van der Waals surface area contributed by atoms with Gasteiger partial charge in [-0.25, -0.2) is 0 Å². The van der Waals surface area contributed by atoms with Crippen molar-refractivity contribution in [3.05, 3.63) is 69.3 Å². The van der Waals surface area contributed by atoms with Crippen LogP contribution in [0.1, 0.15) is 35.3 Å². The van der Waals surface area contributed by atoms with Gasteiger partial charge in [0.05, 0.1) is 10.5 Å². The highest BCUT2D eigenvalue weighted by molar-refractivity contribution is 5.94. The molecule has 9 heteroatoms. The number of halogens is 3. The monoisotopic (exact) mass is 395 g/mol. The number of amides is 1. The Morgan fingerprint density at radius 3 is 2.21 bits per heavy atom. The second kappa shape index (κ2) is 8.73. The quantitative estimate of drug-likeness (QED) is 0.544. The van der Waals surface area contributed by atoms with Crippen LogP contribution >= 0.6 is 0 Å². The normalized spacial score (nSPS) is 11.2. The maximum absolute atomic E-state index is 12.8. The van der Waals surface area contributed by atoms with Crippen LogP contribution in [0.25, 0.3) is 0 Å². The lowest BCUT2D eigenvalue weighted by Crippen LogP contribution is -2.30. The number of nitrogens with zero attached hydrogens (tertiary/aromatic N) is 2. The molecular formula is C19H20F3N3O3. The summed E-state index contributed by atoms with van der Waals surface area (Å²) in [6, 6.07) is 9.03. The average molecular weight is 395 g/mol. The Balaban J connectivity index is 2.14. The molecular weight excluding hydrogens is 375 g/mol. The summed E-state index contributed by atoms with van der Waals surface area (Å²) < 4.78 is 38.3. The number of hydrogen-bond acceptors (Lipinski definition) is 4. The van der Waals surface area contributed by atoms with E-state index in [1.165, 1.54) is 0 Å². The summed E-state index contributed by atoms with van der Waals surface area (Å²) in [5.74, 6) is -0.0945. The second-order valence-electron chi connectivity index (χ2n) is 6.01. The summed E-state index contributed by atoms with van der Waals surface area (Å²) in [5.41, 5.74) is -0.494. The first-order valence-corrected chi connectivity index (χ1v) is 8.65. The average Bonchev–Trinajstić information content (AvgIpc) is 2.66. The fraction of sp³-hybridized carbons (Fsp3) is 0.316. The lowest BCUT2D eigenvalue weighted by atomic mass is 10.1. The molecule has 0 saturated carbocycles. The fourth-order valence-corrected chi connectivity index (χ4v) is 2.66. The van der Waals surface area contributed by atoms with E-state index in [0.29, 0.717) is 24.7 Å². The highest BCUT2D eigenvalue weighted by atomic mass is 19.4. The third-order valence-electron chi connectivity index (χ3n) is 4.26. The van der Waals surface area contributed by atoms with Gasteiger partial charge in [-0.1, -0.05) is 12.1 Å². The fourth-order valence-electron chi connectivity index (χ4n) is 2.66. The number of anilines is 1. The van der Waals surface area contributed by atoms with Crippen LogP contribution in [0.5, 0.6) is 0 Å². The molecule has 28 heavy (non-hydrogen) atoms. The Morgan fingerprint density at radius 2 is 1.71 bits per heavy atom. The minimum Gasteiger partial charge on any atom is -0.375 e. The topological polar surface area (TPSA) is 75.5 Å². The molecule has 0 saturated heterocycles. The third-order valence-corrected chi connectivity index (χ3v) is 4.26. The van der Waals surface area contributed by atoms with Crippen LogP contribution in [0.4, 0.5) is 24.5 Å². The molecule has 0 spiro atoms. The van der Waals surface area contributed by atoms with E-state index in [4.69, 9.17) is 0 Å². The van der Waals surface area contributed by atoms with Crippen LogP contribution in [0.2, 0.25) is 0 Å². The summed E-state index contributed by atoms with van der Waals surface area (Å²) in [6.45, 7) is 5.12. The number of carbonyl (C=O) groups excluding carboxylic acids is 1. The molecule has 0 aromatic heterocycles. The summed E-state index contributed by atoms with van der Waals surface area (Å²) >= 11 is 0. The highest BCUT2D eigenvalue weighted by Gasteiger charge is 2.33. The number of benzene rings is 2. The molecule has 0 aliphatic rings. The van der Waals surface area contributed by atoms with Gasteiger partial charge in [0, 0.05) is 31.3 Å². The van der Waals surface area contributed by atoms with Gasteiger partial charge in [-0.15, -0.1) is 0 Å². The van der Waals surface area contributed by atoms with E-state index < -0.39 is 22.4 Å². The predicted octanol–water partition coefficient (Wildman–Crippen LogP) is 4.71. The van der Waals surface area contributed by atoms with E-state index >= 15 is 0 Å². The van der Waals surface area contributed by atoms with Gasteiger partial charge in [0.15, 0.2) is 0 Å². The number of nitrogens with one attached hydrogen (secondary N) is 1. The Morgan fingerprint density at radius 1 is 1.11 bits per heavy atom. The van der Waals surface area contributed by atoms with Gasteiger partial charge in [0.25, 0.3) is 11.6 Å². The Labute approximate surface area is 160 Å². The number of hydrogen-bond donors (Lipinski definition) is 1. The smallest absolute Gasteiger partial charge is 0.375 e. The van der Waals surface area contributed by atoms with Crippen LogP contribution in [0.15, 0.2) is 42.5 Å². The van der Waals surface area contributed by atoms with E-state index in [9.17, 15) is 28.1 Å². The Hall–Kier alpha value is -3.10. The molecule has 0 heterocycles. The summed E-state index contributed by atoms with van der Waals surface area (Å²) in [5, 5.41) is 13.9. The standard InChI is InChI=1S/C19H20F3N3O3/c1-3-24(4-2)18(26)14-7-5-13(6-8-14)12-23-16-10-9-15(19(20,21)22)11-17(16)25(27)28/h5-11,23H,3-4,12H2,1-2H3. The van der Waals surface area contributed by atoms with Crippen molar-refractivity contribution in [1.82, 2.24) is 4.90 Å². The zero-order valence-corrected chi connectivity index (χ0v) is 15.4. The van der Waals surface area contributed by atoms with Crippen molar-refractivity contribution in [3.8, 4) is 0 Å². The molecule has 0 aliphatic heterocycles. The molecule has 1 N–H and O–H groups in total. The molecule has 2 rings (SSSR count). The molecule has 0 fully saturated rings. The Kier molecular flexibility index (Phi) is 6.61. The SMILES string of the molecule is CCN(CC)C(=O)c1ccc(CNc2ccc(C(F)(F)F)cc2[N+](=O)[O-])cc1. The van der Waals surface area contributed by atoms with Crippen molar-refractivity contribution < 1.29 is 22.9 Å². The van der Waals surface area contributed by atoms with E-state index in [1.54, 1.807) is 29.2 Å². The highest BCUT2D eigenvalue weighted by Crippen LogP contribution is 2.35. The van der Waals surface area contributed by atoms with Gasteiger partial charge < -0.3 is 10.2 Å². The van der Waals surface area contributed by atoms with Crippen molar-refractivity contribution in [3.63, 3.8) is 0 Å². The molecule has 150 valence electrons. The van der Waals surface area contributed by atoms with Gasteiger partial charge >= 0.3 is 6.18 Å². The van der Waals surface area contributed by atoms with Crippen molar-refractivity contribution in [2.24, 2.45) is 0 Å². The number of carbonyl (C=O) groups is 1. The first-order chi connectivity index (χ1) is 13.2. The third kappa shape index (κ3) is 4.99. The van der Waals surface area contributed by atoms with Crippen molar-refractivity contribution in [1.29, 1.82) is 0 Å². The molecule has 2 aromatic carbocycles. The summed E-state index contributed by atoms with van der Waals surface area (Å²) in [6.07, 6.45) is -4.66. The molecule has 0 aliphatic carbocycles. The van der Waals surface area contributed by atoms with Crippen LogP contribution in [0, 0.1) is 10.1 Å². The lowest BCUT2D eigenvalue weighted by molar-refractivity contribution is -0.384. The van der Waals surface area contributed by atoms with E-state index in [2.05, 4.69) is 5.32 Å². The molecule has 2 aromatic rings. The first-order valence-electron chi connectivity index (χ1n) is 8.65. The van der Waals surface area contributed by atoms with Gasteiger partial charge in [-0.2, -0.15) is 13.2 Å². The molecule has 0 atom stereocenters.